The number of rotatable bonds is 4. The first kappa shape index (κ1) is 16.2. The van der Waals surface area contributed by atoms with Gasteiger partial charge in [-0.25, -0.2) is 4.39 Å². The third kappa shape index (κ3) is 3.72. The molecular weight excluding hydrogens is 341 g/mol. The summed E-state index contributed by atoms with van der Waals surface area (Å²) in [4.78, 5) is 2.32. The quantitative estimate of drug-likeness (QED) is 0.688. The summed E-state index contributed by atoms with van der Waals surface area (Å²) < 4.78 is 18.9. The molecule has 1 aromatic heterocycles. The van der Waals surface area contributed by atoms with Crippen molar-refractivity contribution in [2.24, 2.45) is 0 Å². The van der Waals surface area contributed by atoms with E-state index in [1.165, 1.54) is 12.1 Å². The first-order valence-corrected chi connectivity index (χ1v) is 8.61. The van der Waals surface area contributed by atoms with E-state index in [2.05, 4.69) is 15.1 Å². The first-order valence-electron chi connectivity index (χ1n) is 8.23. The molecule has 0 radical (unpaired) electrons. The van der Waals surface area contributed by atoms with E-state index in [1.54, 1.807) is 12.1 Å². The fourth-order valence-electron chi connectivity index (χ4n) is 3.13. The van der Waals surface area contributed by atoms with Crippen molar-refractivity contribution >= 4 is 11.6 Å². The van der Waals surface area contributed by atoms with Crippen molar-refractivity contribution < 1.29 is 8.81 Å². The highest BCUT2D eigenvalue weighted by molar-refractivity contribution is 6.30. The summed E-state index contributed by atoms with van der Waals surface area (Å²) in [6.07, 6.45) is 0.976. The zero-order valence-electron chi connectivity index (χ0n) is 13.5. The van der Waals surface area contributed by atoms with E-state index in [0.29, 0.717) is 16.8 Å². The normalized spacial score (nSPS) is 17.9. The van der Waals surface area contributed by atoms with Gasteiger partial charge in [0.15, 0.2) is 0 Å². The maximum atomic E-state index is 13.0. The molecule has 0 N–H and O–H groups in total. The molecule has 2 aromatic carbocycles. The number of hydrogen-bond acceptors (Lipinski definition) is 4. The molecule has 0 amide bonds. The molecule has 4 nitrogen and oxygen atoms in total. The molecule has 1 saturated heterocycles. The predicted octanol–water partition coefficient (Wildman–Crippen LogP) is 4.52. The van der Waals surface area contributed by atoms with Crippen molar-refractivity contribution in [3.8, 4) is 11.5 Å². The SMILES string of the molecule is Fc1ccc(CN2CCC(c3nnc(-c4ccc(Cl)cc4)o3)C2)cc1. The van der Waals surface area contributed by atoms with Crippen LogP contribution in [0.3, 0.4) is 0 Å². The second-order valence-corrected chi connectivity index (χ2v) is 6.74. The summed E-state index contributed by atoms with van der Waals surface area (Å²) in [6, 6.07) is 14.0. The van der Waals surface area contributed by atoms with Crippen molar-refractivity contribution in [3.63, 3.8) is 0 Å². The van der Waals surface area contributed by atoms with Crippen LogP contribution in [0.5, 0.6) is 0 Å². The molecule has 1 aliphatic rings. The molecule has 4 rings (SSSR count). The molecular formula is C19H17ClFN3O. The Labute approximate surface area is 150 Å². The summed E-state index contributed by atoms with van der Waals surface area (Å²) in [7, 11) is 0. The zero-order chi connectivity index (χ0) is 17.2. The van der Waals surface area contributed by atoms with Gasteiger partial charge < -0.3 is 4.42 Å². The smallest absolute Gasteiger partial charge is 0.247 e. The number of aromatic nitrogens is 2. The molecule has 0 saturated carbocycles. The highest BCUT2D eigenvalue weighted by atomic mass is 35.5. The lowest BCUT2D eigenvalue weighted by molar-refractivity contribution is 0.320. The second kappa shape index (κ2) is 6.94. The Bertz CT molecular complexity index is 848. The van der Waals surface area contributed by atoms with Gasteiger partial charge in [-0.2, -0.15) is 0 Å². The van der Waals surface area contributed by atoms with Crippen molar-refractivity contribution in [1.82, 2.24) is 15.1 Å². The lowest BCUT2D eigenvalue weighted by atomic mass is 10.1. The molecule has 0 bridgehead atoms. The first-order chi connectivity index (χ1) is 12.2. The van der Waals surface area contributed by atoms with Crippen molar-refractivity contribution in [1.29, 1.82) is 0 Å². The van der Waals surface area contributed by atoms with E-state index in [1.807, 2.05) is 24.3 Å². The number of hydrogen-bond donors (Lipinski definition) is 0. The van der Waals surface area contributed by atoms with Gasteiger partial charge in [0, 0.05) is 23.7 Å². The summed E-state index contributed by atoms with van der Waals surface area (Å²) >= 11 is 5.91. The zero-order valence-corrected chi connectivity index (χ0v) is 14.3. The van der Waals surface area contributed by atoms with Gasteiger partial charge in [-0.15, -0.1) is 10.2 Å². The minimum Gasteiger partial charge on any atom is -0.420 e. The Morgan fingerprint density at radius 3 is 2.60 bits per heavy atom. The molecule has 6 heteroatoms. The third-order valence-corrected chi connectivity index (χ3v) is 4.72. The van der Waals surface area contributed by atoms with E-state index >= 15 is 0 Å². The lowest BCUT2D eigenvalue weighted by Crippen LogP contribution is -2.19. The fraction of sp³-hybridized carbons (Fsp3) is 0.263. The summed E-state index contributed by atoms with van der Waals surface area (Å²) in [5.74, 6) is 1.22. The average Bonchev–Trinajstić information content (AvgIpc) is 3.27. The molecule has 0 spiro atoms. The standard InChI is InChI=1S/C19H17ClFN3O/c20-16-5-3-14(4-6-16)18-22-23-19(25-18)15-9-10-24(12-15)11-13-1-7-17(21)8-2-13/h1-8,15H,9-12H2. The van der Waals surface area contributed by atoms with Crippen LogP contribution in [0.1, 0.15) is 23.8 Å². The maximum Gasteiger partial charge on any atom is 0.247 e. The second-order valence-electron chi connectivity index (χ2n) is 6.30. The molecule has 1 aliphatic heterocycles. The fourth-order valence-corrected chi connectivity index (χ4v) is 3.26. The maximum absolute atomic E-state index is 13.0. The van der Waals surface area contributed by atoms with Crippen LogP contribution in [0.15, 0.2) is 52.9 Å². The van der Waals surface area contributed by atoms with E-state index in [-0.39, 0.29) is 11.7 Å². The van der Waals surface area contributed by atoms with Crippen LogP contribution in [-0.2, 0) is 6.54 Å². The van der Waals surface area contributed by atoms with Crippen molar-refractivity contribution in [2.75, 3.05) is 13.1 Å². The monoisotopic (exact) mass is 357 g/mol. The number of nitrogens with zero attached hydrogens (tertiary/aromatic N) is 3. The molecule has 1 atom stereocenters. The highest BCUT2D eigenvalue weighted by Gasteiger charge is 2.28. The van der Waals surface area contributed by atoms with Crippen LogP contribution in [0.2, 0.25) is 5.02 Å². The topological polar surface area (TPSA) is 42.2 Å². The molecule has 3 aromatic rings. The number of likely N-dealkylation sites (tertiary alicyclic amines) is 1. The van der Waals surface area contributed by atoms with Gasteiger partial charge in [0.2, 0.25) is 11.8 Å². The molecule has 1 fully saturated rings. The molecule has 25 heavy (non-hydrogen) atoms. The summed E-state index contributed by atoms with van der Waals surface area (Å²) in [5.41, 5.74) is 1.97. The van der Waals surface area contributed by atoms with Crippen LogP contribution in [0.25, 0.3) is 11.5 Å². The van der Waals surface area contributed by atoms with E-state index in [0.717, 1.165) is 37.2 Å². The molecule has 0 aliphatic carbocycles. The molecule has 2 heterocycles. The lowest BCUT2D eigenvalue weighted by Gasteiger charge is -2.15. The Hall–Kier alpha value is -2.24. The van der Waals surface area contributed by atoms with Gasteiger partial charge in [0.1, 0.15) is 5.82 Å². The van der Waals surface area contributed by atoms with E-state index in [4.69, 9.17) is 16.0 Å². The Morgan fingerprint density at radius 2 is 1.84 bits per heavy atom. The van der Waals surface area contributed by atoms with Crippen LogP contribution < -0.4 is 0 Å². The van der Waals surface area contributed by atoms with Crippen molar-refractivity contribution in [2.45, 2.75) is 18.9 Å². The van der Waals surface area contributed by atoms with Gasteiger partial charge in [0.05, 0.1) is 5.92 Å². The highest BCUT2D eigenvalue weighted by Crippen LogP contribution is 2.29. The molecule has 128 valence electrons. The van der Waals surface area contributed by atoms with Crippen LogP contribution >= 0.6 is 11.6 Å². The summed E-state index contributed by atoms with van der Waals surface area (Å²) in [5, 5.41) is 9.06. The van der Waals surface area contributed by atoms with Crippen molar-refractivity contribution in [3.05, 3.63) is 70.8 Å². The van der Waals surface area contributed by atoms with Crippen LogP contribution in [0.4, 0.5) is 4.39 Å². The van der Waals surface area contributed by atoms with Gasteiger partial charge in [0.25, 0.3) is 0 Å². The molecule has 1 unspecified atom stereocenters. The van der Waals surface area contributed by atoms with Gasteiger partial charge in [-0.05, 0) is 54.9 Å². The number of halogens is 2. The minimum absolute atomic E-state index is 0.205. The van der Waals surface area contributed by atoms with Gasteiger partial charge in [-0.1, -0.05) is 23.7 Å². The van der Waals surface area contributed by atoms with Crippen LogP contribution in [-0.4, -0.2) is 28.2 Å². The average molecular weight is 358 g/mol. The number of benzene rings is 2. The van der Waals surface area contributed by atoms with Gasteiger partial charge >= 0.3 is 0 Å². The van der Waals surface area contributed by atoms with E-state index < -0.39 is 0 Å². The Morgan fingerprint density at radius 1 is 1.08 bits per heavy atom. The van der Waals surface area contributed by atoms with Gasteiger partial charge in [-0.3, -0.25) is 4.90 Å². The van der Waals surface area contributed by atoms with E-state index in [9.17, 15) is 4.39 Å². The third-order valence-electron chi connectivity index (χ3n) is 4.47. The Kier molecular flexibility index (Phi) is 4.51. The largest absolute Gasteiger partial charge is 0.420 e. The minimum atomic E-state index is -0.205. The Balaban J connectivity index is 1.41. The summed E-state index contributed by atoms with van der Waals surface area (Å²) in [6.45, 7) is 2.62. The van der Waals surface area contributed by atoms with Crippen LogP contribution in [0, 0.1) is 5.82 Å². The predicted molar refractivity (Wildman–Crippen MR) is 93.8 cm³/mol.